The van der Waals surface area contributed by atoms with Crippen LogP contribution in [0.15, 0.2) is 30.3 Å². The zero-order chi connectivity index (χ0) is 15.2. The van der Waals surface area contributed by atoms with Gasteiger partial charge in [0.1, 0.15) is 0 Å². The first-order valence-corrected chi connectivity index (χ1v) is 9.62. The normalized spacial score (nSPS) is 26.5. The van der Waals surface area contributed by atoms with E-state index < -0.39 is 0 Å². The smallest absolute Gasteiger partial charge is 0.224 e. The molecular weight excluding hydrogens is 292 g/mol. The Balaban J connectivity index is 1.52. The summed E-state index contributed by atoms with van der Waals surface area (Å²) in [6, 6.07) is 11.1. The van der Waals surface area contributed by atoms with Gasteiger partial charge in [-0.25, -0.2) is 0 Å². The van der Waals surface area contributed by atoms with Gasteiger partial charge in [0, 0.05) is 43.6 Å². The molecule has 2 atom stereocenters. The van der Waals surface area contributed by atoms with Gasteiger partial charge in [-0.15, -0.1) is 0 Å². The summed E-state index contributed by atoms with van der Waals surface area (Å²) in [5, 5.41) is 3.47. The van der Waals surface area contributed by atoms with Gasteiger partial charge in [-0.05, 0) is 30.7 Å². The molecule has 0 aromatic heterocycles. The Kier molecular flexibility index (Phi) is 5.79. The van der Waals surface area contributed by atoms with Crippen LogP contribution in [0.2, 0.25) is 0 Å². The van der Waals surface area contributed by atoms with Crippen molar-refractivity contribution in [3.8, 4) is 0 Å². The zero-order valence-corrected chi connectivity index (χ0v) is 14.0. The van der Waals surface area contributed by atoms with E-state index >= 15 is 0 Å². The highest BCUT2D eigenvalue weighted by Crippen LogP contribution is 2.28. The summed E-state index contributed by atoms with van der Waals surface area (Å²) in [4.78, 5) is 14.6. The predicted molar refractivity (Wildman–Crippen MR) is 93.3 cm³/mol. The number of hydrogen-bond donors (Lipinski definition) is 1. The molecule has 2 aliphatic heterocycles. The SMILES string of the molecule is O=C(CC1CSCCN1)N1CCCC(c2ccccc2)CC1. The van der Waals surface area contributed by atoms with E-state index in [2.05, 4.69) is 40.5 Å². The van der Waals surface area contributed by atoms with Crippen molar-refractivity contribution in [3.63, 3.8) is 0 Å². The fourth-order valence-electron chi connectivity index (χ4n) is 3.50. The average Bonchev–Trinajstić information content (AvgIpc) is 2.83. The highest BCUT2D eigenvalue weighted by Gasteiger charge is 2.24. The van der Waals surface area contributed by atoms with Crippen LogP contribution in [0.4, 0.5) is 0 Å². The Morgan fingerprint density at radius 2 is 2.09 bits per heavy atom. The van der Waals surface area contributed by atoms with Gasteiger partial charge in [0.15, 0.2) is 0 Å². The minimum Gasteiger partial charge on any atom is -0.343 e. The molecule has 2 saturated heterocycles. The third-order valence-corrected chi connectivity index (χ3v) is 5.90. The number of nitrogens with one attached hydrogen (secondary N) is 1. The number of hydrogen-bond acceptors (Lipinski definition) is 3. The Labute approximate surface area is 137 Å². The van der Waals surface area contributed by atoms with Crippen LogP contribution in [0.1, 0.15) is 37.2 Å². The Bertz CT molecular complexity index is 473. The van der Waals surface area contributed by atoms with Crippen LogP contribution in [0, 0.1) is 0 Å². The van der Waals surface area contributed by atoms with Gasteiger partial charge >= 0.3 is 0 Å². The van der Waals surface area contributed by atoms with Crippen molar-refractivity contribution in [1.82, 2.24) is 10.2 Å². The van der Waals surface area contributed by atoms with E-state index in [1.165, 1.54) is 17.7 Å². The molecule has 120 valence electrons. The minimum absolute atomic E-state index is 0.341. The monoisotopic (exact) mass is 318 g/mol. The van der Waals surface area contributed by atoms with Crippen molar-refractivity contribution in [3.05, 3.63) is 35.9 Å². The third-order valence-electron chi connectivity index (χ3n) is 4.77. The summed E-state index contributed by atoms with van der Waals surface area (Å²) in [5.74, 6) is 3.20. The van der Waals surface area contributed by atoms with Gasteiger partial charge in [0.25, 0.3) is 0 Å². The lowest BCUT2D eigenvalue weighted by molar-refractivity contribution is -0.131. The van der Waals surface area contributed by atoms with Crippen LogP contribution in [-0.2, 0) is 4.79 Å². The first kappa shape index (κ1) is 15.9. The fourth-order valence-corrected chi connectivity index (χ4v) is 4.44. The lowest BCUT2D eigenvalue weighted by atomic mass is 9.92. The van der Waals surface area contributed by atoms with Gasteiger partial charge in [0.05, 0.1) is 0 Å². The van der Waals surface area contributed by atoms with Gasteiger partial charge < -0.3 is 10.2 Å². The van der Waals surface area contributed by atoms with E-state index in [9.17, 15) is 4.79 Å². The molecule has 3 rings (SSSR count). The molecule has 1 amide bonds. The van der Waals surface area contributed by atoms with Crippen LogP contribution >= 0.6 is 11.8 Å². The molecule has 1 N–H and O–H groups in total. The van der Waals surface area contributed by atoms with E-state index in [1.807, 2.05) is 11.8 Å². The molecule has 0 radical (unpaired) electrons. The molecule has 1 aromatic rings. The first-order chi connectivity index (χ1) is 10.8. The second-order valence-corrected chi connectivity index (χ2v) is 7.50. The molecule has 0 saturated carbocycles. The number of rotatable bonds is 3. The molecule has 3 nitrogen and oxygen atoms in total. The largest absolute Gasteiger partial charge is 0.343 e. The quantitative estimate of drug-likeness (QED) is 0.930. The molecule has 0 spiro atoms. The Morgan fingerprint density at radius 1 is 1.23 bits per heavy atom. The molecular formula is C18H26N2OS. The maximum Gasteiger partial charge on any atom is 0.224 e. The zero-order valence-electron chi connectivity index (χ0n) is 13.2. The van der Waals surface area contributed by atoms with Crippen LogP contribution in [0.25, 0.3) is 0 Å². The van der Waals surface area contributed by atoms with Crippen molar-refractivity contribution in [2.45, 2.75) is 37.6 Å². The van der Waals surface area contributed by atoms with Crippen LogP contribution in [0.3, 0.4) is 0 Å². The molecule has 2 aliphatic rings. The van der Waals surface area contributed by atoms with E-state index in [0.717, 1.165) is 38.2 Å². The molecule has 2 fully saturated rings. The van der Waals surface area contributed by atoms with E-state index in [0.29, 0.717) is 24.3 Å². The van der Waals surface area contributed by atoms with Crippen molar-refractivity contribution < 1.29 is 4.79 Å². The fraction of sp³-hybridized carbons (Fsp3) is 0.611. The van der Waals surface area contributed by atoms with Crippen molar-refractivity contribution in [2.75, 3.05) is 31.1 Å². The molecule has 0 bridgehead atoms. The standard InChI is InChI=1S/C18H26N2OS/c21-18(13-17-14-22-12-9-19-17)20-10-4-7-16(8-11-20)15-5-2-1-3-6-15/h1-3,5-6,16-17,19H,4,7-14H2. The minimum atomic E-state index is 0.341. The average molecular weight is 318 g/mol. The highest BCUT2D eigenvalue weighted by molar-refractivity contribution is 7.99. The predicted octanol–water partition coefficient (Wildman–Crippen LogP) is 2.88. The first-order valence-electron chi connectivity index (χ1n) is 8.47. The lowest BCUT2D eigenvalue weighted by Gasteiger charge is -2.26. The van der Waals surface area contributed by atoms with E-state index in [1.54, 1.807) is 0 Å². The van der Waals surface area contributed by atoms with Crippen molar-refractivity contribution in [1.29, 1.82) is 0 Å². The summed E-state index contributed by atoms with van der Waals surface area (Å²) < 4.78 is 0. The van der Waals surface area contributed by atoms with E-state index in [-0.39, 0.29) is 0 Å². The number of benzene rings is 1. The summed E-state index contributed by atoms with van der Waals surface area (Å²) in [7, 11) is 0. The molecule has 0 aliphatic carbocycles. The van der Waals surface area contributed by atoms with Crippen molar-refractivity contribution in [2.24, 2.45) is 0 Å². The summed E-state index contributed by atoms with van der Waals surface area (Å²) in [5.41, 5.74) is 1.43. The van der Waals surface area contributed by atoms with Gasteiger partial charge in [-0.1, -0.05) is 30.3 Å². The Hall–Kier alpha value is -1.00. The van der Waals surface area contributed by atoms with Crippen molar-refractivity contribution >= 4 is 17.7 Å². The maximum absolute atomic E-state index is 12.5. The second-order valence-electron chi connectivity index (χ2n) is 6.35. The van der Waals surface area contributed by atoms with Gasteiger partial charge in [-0.2, -0.15) is 11.8 Å². The number of likely N-dealkylation sites (tertiary alicyclic amines) is 1. The summed E-state index contributed by atoms with van der Waals surface area (Å²) in [6.45, 7) is 2.89. The van der Waals surface area contributed by atoms with Crippen LogP contribution in [0.5, 0.6) is 0 Å². The third kappa shape index (κ3) is 4.26. The summed E-state index contributed by atoms with van der Waals surface area (Å²) in [6.07, 6.45) is 4.09. The molecule has 22 heavy (non-hydrogen) atoms. The molecule has 1 aromatic carbocycles. The molecule has 2 heterocycles. The van der Waals surface area contributed by atoms with Crippen LogP contribution < -0.4 is 5.32 Å². The number of amides is 1. The molecule has 2 unspecified atom stereocenters. The maximum atomic E-state index is 12.5. The van der Waals surface area contributed by atoms with Gasteiger partial charge in [0.2, 0.25) is 5.91 Å². The van der Waals surface area contributed by atoms with E-state index in [4.69, 9.17) is 0 Å². The highest BCUT2D eigenvalue weighted by atomic mass is 32.2. The number of thioether (sulfide) groups is 1. The topological polar surface area (TPSA) is 32.3 Å². The van der Waals surface area contributed by atoms with Crippen LogP contribution in [-0.4, -0.2) is 48.0 Å². The molecule has 4 heteroatoms. The second kappa shape index (κ2) is 8.02. The number of nitrogens with zero attached hydrogens (tertiary/aromatic N) is 1. The number of carbonyl (C=O) groups is 1. The Morgan fingerprint density at radius 3 is 2.86 bits per heavy atom. The van der Waals surface area contributed by atoms with Gasteiger partial charge in [-0.3, -0.25) is 4.79 Å². The lowest BCUT2D eigenvalue weighted by Crippen LogP contribution is -2.42. The summed E-state index contributed by atoms with van der Waals surface area (Å²) >= 11 is 1.96. The number of carbonyl (C=O) groups excluding carboxylic acids is 1.